The van der Waals surface area contributed by atoms with Crippen LogP contribution in [0.1, 0.15) is 8.35 Å². The van der Waals surface area contributed by atoms with Gasteiger partial charge >= 0.3 is 0 Å². The fraction of sp³-hybridized carbons (Fsp3) is 0.154. The molecule has 0 aliphatic heterocycles. The molecular weight excluding hydrogens is 198 g/mol. The zero-order chi connectivity index (χ0) is 11.8. The third kappa shape index (κ3) is 3.71. The van der Waals surface area contributed by atoms with Crippen molar-refractivity contribution in [3.63, 3.8) is 0 Å². The first kappa shape index (κ1) is 12.2. The van der Waals surface area contributed by atoms with Crippen LogP contribution in [0.2, 0.25) is 0 Å². The number of pyridine rings is 1. The number of nitrogens with two attached hydrogens (primary N) is 2. The van der Waals surface area contributed by atoms with Crippen molar-refractivity contribution in [3.8, 4) is 11.1 Å². The Morgan fingerprint density at radius 3 is 2.31 bits per heavy atom. The quantitative estimate of drug-likeness (QED) is 0.771. The maximum Gasteiger partial charge on any atom is 0.123 e. The number of aromatic nitrogens is 1. The average molecular weight is 217 g/mol. The number of benzene rings is 1. The minimum Gasteiger partial charge on any atom is -0.384 e. The highest BCUT2D eigenvalue weighted by Crippen LogP contribution is 2.18. The van der Waals surface area contributed by atoms with Crippen molar-refractivity contribution in [1.82, 2.24) is 4.98 Å². The van der Waals surface area contributed by atoms with Crippen molar-refractivity contribution in [1.29, 1.82) is 0 Å². The fourth-order valence-electron chi connectivity index (χ4n) is 1.26. The van der Waals surface area contributed by atoms with Gasteiger partial charge < -0.3 is 11.5 Å². The normalized spacial score (nSPS) is 9.12. The zero-order valence-electron chi connectivity index (χ0n) is 9.43. The zero-order valence-corrected chi connectivity index (χ0v) is 9.43. The van der Waals surface area contributed by atoms with E-state index < -0.39 is 0 Å². The number of nitrogen functional groups attached to an aromatic ring is 1. The second-order valence-electron chi connectivity index (χ2n) is 3.24. The van der Waals surface area contributed by atoms with Gasteiger partial charge in [0.2, 0.25) is 0 Å². The summed E-state index contributed by atoms with van der Waals surface area (Å²) in [5.74, 6) is 0.557. The topological polar surface area (TPSA) is 64.9 Å². The lowest BCUT2D eigenvalue weighted by Gasteiger charge is -2.00. The first-order valence-corrected chi connectivity index (χ1v) is 5.25. The molecule has 0 atom stereocenters. The molecule has 0 spiro atoms. The minimum absolute atomic E-state index is 0. The van der Waals surface area contributed by atoms with Crippen molar-refractivity contribution in [2.24, 2.45) is 5.73 Å². The first-order chi connectivity index (χ1) is 7.77. The Morgan fingerprint density at radius 2 is 1.75 bits per heavy atom. The van der Waals surface area contributed by atoms with Gasteiger partial charge in [0.25, 0.3) is 0 Å². The number of hydrogen-bond acceptors (Lipinski definition) is 3. The van der Waals surface area contributed by atoms with E-state index in [1.807, 2.05) is 37.3 Å². The molecule has 0 fully saturated rings. The SMILES string of the molecule is CCN.Nc1cc(-c2ccccc2)ccn1.[HH]. The maximum absolute atomic E-state index is 5.58. The number of rotatable bonds is 1. The van der Waals surface area contributed by atoms with Crippen LogP contribution in [0.4, 0.5) is 5.82 Å². The van der Waals surface area contributed by atoms with Gasteiger partial charge in [-0.2, -0.15) is 0 Å². The Hall–Kier alpha value is -1.87. The van der Waals surface area contributed by atoms with Gasteiger partial charge in [-0.1, -0.05) is 37.3 Å². The van der Waals surface area contributed by atoms with Gasteiger partial charge in [-0.25, -0.2) is 4.98 Å². The summed E-state index contributed by atoms with van der Waals surface area (Å²) in [6.45, 7) is 2.65. The van der Waals surface area contributed by atoms with Gasteiger partial charge in [0.15, 0.2) is 0 Å². The molecule has 3 nitrogen and oxygen atoms in total. The van der Waals surface area contributed by atoms with E-state index in [0.29, 0.717) is 5.82 Å². The third-order valence-corrected chi connectivity index (χ3v) is 1.89. The van der Waals surface area contributed by atoms with Crippen LogP contribution in [-0.2, 0) is 0 Å². The number of anilines is 1. The Balaban J connectivity index is 0.000000583. The lowest BCUT2D eigenvalue weighted by molar-refractivity contribution is 1.14. The highest BCUT2D eigenvalue weighted by Gasteiger charge is 1.95. The van der Waals surface area contributed by atoms with Crippen molar-refractivity contribution >= 4 is 5.82 Å². The monoisotopic (exact) mass is 217 g/mol. The largest absolute Gasteiger partial charge is 0.384 e. The van der Waals surface area contributed by atoms with Crippen LogP contribution in [0, 0.1) is 0 Å². The summed E-state index contributed by atoms with van der Waals surface area (Å²) in [4.78, 5) is 3.94. The molecule has 0 saturated heterocycles. The van der Waals surface area contributed by atoms with E-state index >= 15 is 0 Å². The Kier molecular flexibility index (Phi) is 5.02. The molecule has 4 N–H and O–H groups in total. The molecule has 0 amide bonds. The lowest BCUT2D eigenvalue weighted by atomic mass is 10.1. The van der Waals surface area contributed by atoms with Crippen molar-refractivity contribution in [3.05, 3.63) is 48.7 Å². The molecule has 86 valence electrons. The Labute approximate surface area is 97.6 Å². The summed E-state index contributed by atoms with van der Waals surface area (Å²) >= 11 is 0. The van der Waals surface area contributed by atoms with Gasteiger partial charge in [-0.15, -0.1) is 0 Å². The minimum atomic E-state index is 0. The van der Waals surface area contributed by atoms with Gasteiger partial charge in [-0.3, -0.25) is 0 Å². The standard InChI is InChI=1S/C11H10N2.C2H7N.H2/c12-11-8-10(6-7-13-11)9-4-2-1-3-5-9;1-2-3;/h1-8H,(H2,12,13);2-3H2,1H3;1H. The molecule has 1 aromatic heterocycles. The van der Waals surface area contributed by atoms with E-state index in [1.54, 1.807) is 6.20 Å². The van der Waals surface area contributed by atoms with E-state index in [0.717, 1.165) is 17.7 Å². The summed E-state index contributed by atoms with van der Waals surface area (Å²) in [6.07, 6.45) is 1.72. The summed E-state index contributed by atoms with van der Waals surface area (Å²) in [7, 11) is 0. The number of hydrogen-bond donors (Lipinski definition) is 2. The summed E-state index contributed by atoms with van der Waals surface area (Å²) in [6, 6.07) is 13.9. The van der Waals surface area contributed by atoms with Crippen LogP contribution < -0.4 is 11.5 Å². The number of nitrogens with zero attached hydrogens (tertiary/aromatic N) is 1. The van der Waals surface area contributed by atoms with Crippen molar-refractivity contribution in [2.45, 2.75) is 6.92 Å². The van der Waals surface area contributed by atoms with Crippen molar-refractivity contribution in [2.75, 3.05) is 12.3 Å². The summed E-state index contributed by atoms with van der Waals surface area (Å²) < 4.78 is 0. The van der Waals surface area contributed by atoms with Gasteiger partial charge in [0.1, 0.15) is 5.82 Å². The van der Waals surface area contributed by atoms with E-state index in [4.69, 9.17) is 11.5 Å². The van der Waals surface area contributed by atoms with Crippen LogP contribution in [0.25, 0.3) is 11.1 Å². The highest BCUT2D eigenvalue weighted by molar-refractivity contribution is 5.65. The molecule has 0 aliphatic rings. The third-order valence-electron chi connectivity index (χ3n) is 1.89. The van der Waals surface area contributed by atoms with Crippen LogP contribution in [0.3, 0.4) is 0 Å². The van der Waals surface area contributed by atoms with Gasteiger partial charge in [0, 0.05) is 7.62 Å². The summed E-state index contributed by atoms with van der Waals surface area (Å²) in [5, 5.41) is 0. The second-order valence-corrected chi connectivity index (χ2v) is 3.24. The van der Waals surface area contributed by atoms with Gasteiger partial charge in [-0.05, 0) is 29.8 Å². The maximum atomic E-state index is 5.58. The first-order valence-electron chi connectivity index (χ1n) is 5.25. The van der Waals surface area contributed by atoms with Crippen LogP contribution in [0.15, 0.2) is 48.7 Å². The van der Waals surface area contributed by atoms with Crippen LogP contribution >= 0.6 is 0 Å². The summed E-state index contributed by atoms with van der Waals surface area (Å²) in [5.41, 5.74) is 12.7. The van der Waals surface area contributed by atoms with Crippen LogP contribution in [-0.4, -0.2) is 11.5 Å². The molecule has 1 aromatic carbocycles. The highest BCUT2D eigenvalue weighted by atomic mass is 14.8. The predicted octanol–water partition coefficient (Wildman–Crippen LogP) is 2.54. The predicted molar refractivity (Wildman–Crippen MR) is 70.9 cm³/mol. The Morgan fingerprint density at radius 1 is 1.12 bits per heavy atom. The molecule has 0 saturated carbocycles. The molecule has 1 heterocycles. The smallest absolute Gasteiger partial charge is 0.123 e. The molecule has 0 unspecified atom stereocenters. The average Bonchev–Trinajstić information content (AvgIpc) is 2.31. The molecule has 16 heavy (non-hydrogen) atoms. The molecule has 3 heteroatoms. The lowest BCUT2D eigenvalue weighted by Crippen LogP contribution is -1.88. The van der Waals surface area contributed by atoms with Crippen molar-refractivity contribution < 1.29 is 1.43 Å². The molecule has 0 radical (unpaired) electrons. The van der Waals surface area contributed by atoms with E-state index in [2.05, 4.69) is 17.1 Å². The van der Waals surface area contributed by atoms with E-state index in [-0.39, 0.29) is 1.43 Å². The Bertz CT molecular complexity index is 418. The molecular formula is C13H19N3. The molecule has 0 aliphatic carbocycles. The molecule has 2 aromatic rings. The molecule has 0 bridgehead atoms. The fourth-order valence-corrected chi connectivity index (χ4v) is 1.26. The van der Waals surface area contributed by atoms with Crippen LogP contribution in [0.5, 0.6) is 0 Å². The molecule has 2 rings (SSSR count). The van der Waals surface area contributed by atoms with Gasteiger partial charge in [0.05, 0.1) is 0 Å². The van der Waals surface area contributed by atoms with E-state index in [9.17, 15) is 0 Å². The second kappa shape index (κ2) is 6.58. The van der Waals surface area contributed by atoms with E-state index in [1.165, 1.54) is 0 Å².